The summed E-state index contributed by atoms with van der Waals surface area (Å²) in [5.74, 6) is 0.392. The number of rotatable bonds is 6. The molecule has 0 bridgehead atoms. The van der Waals surface area contributed by atoms with Gasteiger partial charge in [-0.25, -0.2) is 4.79 Å². The molecule has 0 saturated heterocycles. The molecule has 0 atom stereocenters. The zero-order valence-electron chi connectivity index (χ0n) is 10.2. The molecule has 4 heteroatoms. The molecular weight excluding hydrogens is 256 g/mol. The predicted molar refractivity (Wildman–Crippen MR) is 73.2 cm³/mol. The van der Waals surface area contributed by atoms with E-state index in [2.05, 4.69) is 0 Å². The van der Waals surface area contributed by atoms with E-state index in [4.69, 9.17) is 16.3 Å². The van der Waals surface area contributed by atoms with Crippen molar-refractivity contribution in [2.24, 2.45) is 0 Å². The molecule has 94 valence electrons. The highest BCUT2D eigenvalue weighted by molar-refractivity contribution is 7.98. The van der Waals surface area contributed by atoms with Crippen LogP contribution in [0, 0.1) is 0 Å². The quantitative estimate of drug-likeness (QED) is 0.448. The molecule has 17 heavy (non-hydrogen) atoms. The average molecular weight is 273 g/mol. The van der Waals surface area contributed by atoms with Crippen molar-refractivity contribution in [3.8, 4) is 0 Å². The number of ether oxygens (including phenoxy) is 1. The lowest BCUT2D eigenvalue weighted by Crippen LogP contribution is -2.07. The molecule has 0 aromatic heterocycles. The molecule has 1 rings (SSSR count). The van der Waals surface area contributed by atoms with E-state index < -0.39 is 0 Å². The van der Waals surface area contributed by atoms with E-state index >= 15 is 0 Å². The van der Waals surface area contributed by atoms with Crippen molar-refractivity contribution in [3.63, 3.8) is 0 Å². The van der Waals surface area contributed by atoms with Gasteiger partial charge in [0.05, 0.1) is 12.2 Å². The van der Waals surface area contributed by atoms with Gasteiger partial charge >= 0.3 is 5.97 Å². The molecule has 0 fully saturated rings. The number of halogens is 1. The first-order valence-electron chi connectivity index (χ1n) is 5.63. The van der Waals surface area contributed by atoms with Crippen LogP contribution in [0.1, 0.15) is 29.3 Å². The third kappa shape index (κ3) is 4.25. The second kappa shape index (κ2) is 7.62. The summed E-state index contributed by atoms with van der Waals surface area (Å²) < 4.78 is 5.05. The Balaban J connectivity index is 2.93. The Morgan fingerprint density at radius 3 is 2.82 bits per heavy atom. The summed E-state index contributed by atoms with van der Waals surface area (Å²) >= 11 is 7.22. The Kier molecular flexibility index (Phi) is 6.45. The zero-order chi connectivity index (χ0) is 12.7. The maximum absolute atomic E-state index is 11.8. The van der Waals surface area contributed by atoms with Crippen molar-refractivity contribution in [1.29, 1.82) is 0 Å². The highest BCUT2D eigenvalue weighted by Gasteiger charge is 2.12. The molecule has 0 saturated carbocycles. The summed E-state index contributed by atoms with van der Waals surface area (Å²) in [6.07, 6.45) is 3.77. The Bertz CT molecular complexity index is 380. The van der Waals surface area contributed by atoms with E-state index in [1.54, 1.807) is 11.8 Å². The van der Waals surface area contributed by atoms with Crippen molar-refractivity contribution in [3.05, 3.63) is 29.3 Å². The van der Waals surface area contributed by atoms with Crippen molar-refractivity contribution >= 4 is 29.3 Å². The fraction of sp³-hybridized carbons (Fsp3) is 0.462. The Hall–Kier alpha value is -0.670. The van der Waals surface area contributed by atoms with E-state index in [1.165, 1.54) is 0 Å². The van der Waals surface area contributed by atoms with Crippen LogP contribution in [0.5, 0.6) is 0 Å². The molecule has 0 N–H and O–H groups in total. The molecule has 0 aliphatic rings. The summed E-state index contributed by atoms with van der Waals surface area (Å²) in [6.45, 7) is 2.21. The molecule has 1 aromatic rings. The molecule has 0 unspecified atom stereocenters. The maximum Gasteiger partial charge on any atom is 0.339 e. The van der Waals surface area contributed by atoms with Gasteiger partial charge in [0.2, 0.25) is 0 Å². The largest absolute Gasteiger partial charge is 0.462 e. The predicted octanol–water partition coefficient (Wildman–Crippen LogP) is 3.76. The number of aryl methyl sites for hydroxylation is 1. The normalized spacial score (nSPS) is 10.3. The number of esters is 1. The fourth-order valence-electron chi connectivity index (χ4n) is 1.55. The van der Waals surface area contributed by atoms with Gasteiger partial charge in [0.1, 0.15) is 0 Å². The fourth-order valence-corrected chi connectivity index (χ4v) is 2.25. The SMILES string of the molecule is CCOC(=O)c1cc(CCCCl)ccc1SC. The molecule has 0 radical (unpaired) electrons. The first-order chi connectivity index (χ1) is 8.22. The minimum atomic E-state index is -0.246. The van der Waals surface area contributed by atoms with Crippen LogP contribution in [0.15, 0.2) is 23.1 Å². The number of hydrogen-bond acceptors (Lipinski definition) is 3. The van der Waals surface area contributed by atoms with Crippen LogP contribution < -0.4 is 0 Å². The van der Waals surface area contributed by atoms with Crippen LogP contribution in [0.3, 0.4) is 0 Å². The topological polar surface area (TPSA) is 26.3 Å². The van der Waals surface area contributed by atoms with Crippen LogP contribution in [0.25, 0.3) is 0 Å². The summed E-state index contributed by atoms with van der Waals surface area (Å²) in [7, 11) is 0. The molecule has 0 spiro atoms. The van der Waals surface area contributed by atoms with Crippen LogP contribution in [0.4, 0.5) is 0 Å². The smallest absolute Gasteiger partial charge is 0.339 e. The van der Waals surface area contributed by atoms with Gasteiger partial charge in [-0.05, 0) is 43.7 Å². The molecule has 0 aliphatic heterocycles. The van der Waals surface area contributed by atoms with Crippen molar-refractivity contribution in [2.45, 2.75) is 24.7 Å². The number of alkyl halides is 1. The lowest BCUT2D eigenvalue weighted by atomic mass is 10.1. The van der Waals surface area contributed by atoms with Gasteiger partial charge in [-0.1, -0.05) is 6.07 Å². The Morgan fingerprint density at radius 2 is 2.24 bits per heavy atom. The van der Waals surface area contributed by atoms with Gasteiger partial charge in [0.25, 0.3) is 0 Å². The van der Waals surface area contributed by atoms with E-state index in [-0.39, 0.29) is 5.97 Å². The van der Waals surface area contributed by atoms with Gasteiger partial charge < -0.3 is 4.74 Å². The minimum Gasteiger partial charge on any atom is -0.462 e. The van der Waals surface area contributed by atoms with Crippen molar-refractivity contribution < 1.29 is 9.53 Å². The van der Waals surface area contributed by atoms with Gasteiger partial charge in [-0.3, -0.25) is 0 Å². The molecule has 0 heterocycles. The third-order valence-electron chi connectivity index (χ3n) is 2.36. The average Bonchev–Trinajstić information content (AvgIpc) is 2.36. The van der Waals surface area contributed by atoms with Crippen LogP contribution >= 0.6 is 23.4 Å². The van der Waals surface area contributed by atoms with Crippen molar-refractivity contribution in [1.82, 2.24) is 0 Å². The molecule has 0 amide bonds. The first kappa shape index (κ1) is 14.4. The van der Waals surface area contributed by atoms with E-state index in [9.17, 15) is 4.79 Å². The highest BCUT2D eigenvalue weighted by Crippen LogP contribution is 2.23. The maximum atomic E-state index is 11.8. The first-order valence-corrected chi connectivity index (χ1v) is 7.38. The zero-order valence-corrected chi connectivity index (χ0v) is 11.7. The Labute approximate surface area is 112 Å². The van der Waals surface area contributed by atoms with Crippen LogP contribution in [0.2, 0.25) is 0 Å². The third-order valence-corrected chi connectivity index (χ3v) is 3.42. The van der Waals surface area contributed by atoms with Gasteiger partial charge in [-0.15, -0.1) is 23.4 Å². The molecule has 2 nitrogen and oxygen atoms in total. The number of carbonyl (C=O) groups excluding carboxylic acids is 1. The van der Waals surface area contributed by atoms with Crippen LogP contribution in [-0.2, 0) is 11.2 Å². The minimum absolute atomic E-state index is 0.246. The number of hydrogen-bond donors (Lipinski definition) is 0. The molecule has 1 aromatic carbocycles. The lowest BCUT2D eigenvalue weighted by molar-refractivity contribution is 0.0522. The molecular formula is C13H17ClO2S. The Morgan fingerprint density at radius 1 is 1.47 bits per heavy atom. The highest BCUT2D eigenvalue weighted by atomic mass is 35.5. The van der Waals surface area contributed by atoms with Gasteiger partial charge in [0.15, 0.2) is 0 Å². The summed E-state index contributed by atoms with van der Waals surface area (Å²) in [5.41, 5.74) is 1.79. The van der Waals surface area contributed by atoms with Gasteiger partial charge in [-0.2, -0.15) is 0 Å². The summed E-state index contributed by atoms with van der Waals surface area (Å²) in [4.78, 5) is 12.7. The van der Waals surface area contributed by atoms with E-state index in [1.807, 2.05) is 31.4 Å². The molecule has 0 aliphatic carbocycles. The second-order valence-electron chi connectivity index (χ2n) is 3.55. The standard InChI is InChI=1S/C13H17ClO2S/c1-3-16-13(15)11-9-10(5-4-8-14)6-7-12(11)17-2/h6-7,9H,3-5,8H2,1-2H3. The van der Waals surface area contributed by atoms with Crippen LogP contribution in [-0.4, -0.2) is 24.7 Å². The summed E-state index contributed by atoms with van der Waals surface area (Å²) in [6, 6.07) is 5.93. The monoisotopic (exact) mass is 272 g/mol. The van der Waals surface area contributed by atoms with E-state index in [0.29, 0.717) is 18.1 Å². The summed E-state index contributed by atoms with van der Waals surface area (Å²) in [5, 5.41) is 0. The number of benzene rings is 1. The second-order valence-corrected chi connectivity index (χ2v) is 4.77. The van der Waals surface area contributed by atoms with E-state index in [0.717, 1.165) is 23.3 Å². The van der Waals surface area contributed by atoms with Crippen molar-refractivity contribution in [2.75, 3.05) is 18.7 Å². The lowest BCUT2D eigenvalue weighted by Gasteiger charge is -2.09. The number of thioether (sulfide) groups is 1. The number of carbonyl (C=O) groups is 1. The van der Waals surface area contributed by atoms with Gasteiger partial charge in [0, 0.05) is 10.8 Å².